The number of imidazole rings is 1. The van der Waals surface area contributed by atoms with Gasteiger partial charge >= 0.3 is 0 Å². The quantitative estimate of drug-likeness (QED) is 0.835. The van der Waals surface area contributed by atoms with Crippen molar-refractivity contribution in [1.29, 1.82) is 0 Å². The number of nitrogens with one attached hydrogen (secondary N) is 2. The van der Waals surface area contributed by atoms with Crippen molar-refractivity contribution < 1.29 is 14.1 Å². The molecule has 2 aromatic heterocycles. The van der Waals surface area contributed by atoms with Crippen molar-refractivity contribution in [1.82, 2.24) is 25.4 Å². The number of H-pyrrole nitrogens is 1. The van der Waals surface area contributed by atoms with Crippen LogP contribution in [-0.4, -0.2) is 32.6 Å². The Hall–Kier alpha value is -2.22. The molecule has 1 fully saturated rings. The van der Waals surface area contributed by atoms with Gasteiger partial charge in [0, 0.05) is 6.61 Å². The first-order chi connectivity index (χ1) is 9.33. The van der Waals surface area contributed by atoms with Crippen molar-refractivity contribution >= 4 is 5.91 Å². The Labute approximate surface area is 108 Å². The molecular weight excluding hydrogens is 250 g/mol. The molecule has 1 atom stereocenters. The smallest absolute Gasteiger partial charge is 0.269 e. The Balaban J connectivity index is 1.57. The summed E-state index contributed by atoms with van der Waals surface area (Å²) in [5.74, 6) is 0.641. The third kappa shape index (κ3) is 2.63. The van der Waals surface area contributed by atoms with Gasteiger partial charge in [0.1, 0.15) is 11.8 Å². The fourth-order valence-corrected chi connectivity index (χ4v) is 1.88. The van der Waals surface area contributed by atoms with E-state index in [1.54, 1.807) is 0 Å². The molecule has 0 spiro atoms. The highest BCUT2D eigenvalue weighted by atomic mass is 16.5. The van der Waals surface area contributed by atoms with Gasteiger partial charge < -0.3 is 19.6 Å². The van der Waals surface area contributed by atoms with Crippen LogP contribution >= 0.6 is 0 Å². The van der Waals surface area contributed by atoms with E-state index in [2.05, 4.69) is 25.4 Å². The molecule has 1 saturated heterocycles. The molecule has 19 heavy (non-hydrogen) atoms. The molecule has 0 aliphatic carbocycles. The van der Waals surface area contributed by atoms with Gasteiger partial charge in [-0.25, -0.2) is 4.98 Å². The van der Waals surface area contributed by atoms with Crippen LogP contribution in [0.3, 0.4) is 0 Å². The lowest BCUT2D eigenvalue weighted by Crippen LogP contribution is -2.23. The van der Waals surface area contributed by atoms with Gasteiger partial charge in [0.15, 0.2) is 5.82 Å². The molecule has 3 rings (SSSR count). The van der Waals surface area contributed by atoms with Crippen molar-refractivity contribution in [3.63, 3.8) is 0 Å². The highest BCUT2D eigenvalue weighted by Gasteiger charge is 2.23. The van der Waals surface area contributed by atoms with E-state index in [1.165, 1.54) is 12.5 Å². The van der Waals surface area contributed by atoms with Crippen LogP contribution in [0.2, 0.25) is 0 Å². The molecule has 1 aliphatic rings. The summed E-state index contributed by atoms with van der Waals surface area (Å²) < 4.78 is 10.6. The van der Waals surface area contributed by atoms with Gasteiger partial charge in [-0.1, -0.05) is 5.16 Å². The monoisotopic (exact) mass is 263 g/mol. The number of nitrogens with zero attached hydrogens (tertiary/aromatic N) is 3. The lowest BCUT2D eigenvalue weighted by Gasteiger charge is -2.01. The molecule has 0 radical (unpaired) electrons. The zero-order valence-corrected chi connectivity index (χ0v) is 10.1. The molecule has 100 valence electrons. The van der Waals surface area contributed by atoms with Gasteiger partial charge in [-0.3, -0.25) is 4.79 Å². The summed E-state index contributed by atoms with van der Waals surface area (Å²) in [6.45, 7) is 0.924. The molecular formula is C11H13N5O3. The second kappa shape index (κ2) is 5.19. The second-order valence-corrected chi connectivity index (χ2v) is 4.20. The zero-order chi connectivity index (χ0) is 13.1. The van der Waals surface area contributed by atoms with E-state index < -0.39 is 0 Å². The lowest BCUT2D eigenvalue weighted by molar-refractivity contribution is 0.0835. The average Bonchev–Trinajstić information content (AvgIpc) is 3.14. The number of aromatic amines is 1. The van der Waals surface area contributed by atoms with E-state index in [1.807, 2.05) is 0 Å². The van der Waals surface area contributed by atoms with Crippen molar-refractivity contribution in [2.75, 3.05) is 6.61 Å². The Morgan fingerprint density at radius 2 is 2.53 bits per heavy atom. The van der Waals surface area contributed by atoms with E-state index in [4.69, 9.17) is 9.26 Å². The molecule has 8 nitrogen and oxygen atoms in total. The Morgan fingerprint density at radius 1 is 1.58 bits per heavy atom. The number of amides is 1. The molecule has 1 amide bonds. The lowest BCUT2D eigenvalue weighted by atomic mass is 10.2. The van der Waals surface area contributed by atoms with Gasteiger partial charge in [0.2, 0.25) is 0 Å². The predicted molar refractivity (Wildman–Crippen MR) is 62.0 cm³/mol. The molecule has 8 heteroatoms. The number of hydrogen-bond acceptors (Lipinski definition) is 6. The normalized spacial score (nSPS) is 18.6. The molecule has 1 aliphatic heterocycles. The fourth-order valence-electron chi connectivity index (χ4n) is 1.88. The second-order valence-electron chi connectivity index (χ2n) is 4.20. The summed E-state index contributed by atoms with van der Waals surface area (Å²) in [6, 6.07) is 0. The van der Waals surface area contributed by atoms with Crippen LogP contribution in [0, 0.1) is 0 Å². The Bertz CT molecular complexity index is 544. The van der Waals surface area contributed by atoms with Crippen molar-refractivity contribution in [3.05, 3.63) is 29.9 Å². The maximum absolute atomic E-state index is 11.6. The SMILES string of the molecule is O=C(NCc1noc(C2CCCO2)n1)c1cnc[nH]1. The van der Waals surface area contributed by atoms with Gasteiger partial charge in [-0.15, -0.1) is 0 Å². The minimum atomic E-state index is -0.263. The predicted octanol–water partition coefficient (Wildman–Crippen LogP) is 0.574. The summed E-state index contributed by atoms with van der Waals surface area (Å²) in [4.78, 5) is 22.3. The summed E-state index contributed by atoms with van der Waals surface area (Å²) in [6.07, 6.45) is 4.67. The first-order valence-corrected chi connectivity index (χ1v) is 6.03. The fraction of sp³-hybridized carbons (Fsp3) is 0.455. The molecule has 0 saturated carbocycles. The summed E-state index contributed by atoms with van der Waals surface area (Å²) in [5.41, 5.74) is 0.392. The number of hydrogen-bond donors (Lipinski definition) is 2. The van der Waals surface area contributed by atoms with Crippen molar-refractivity contribution in [2.45, 2.75) is 25.5 Å². The third-order valence-corrected chi connectivity index (χ3v) is 2.84. The third-order valence-electron chi connectivity index (χ3n) is 2.84. The largest absolute Gasteiger partial charge is 0.368 e. The Kier molecular flexibility index (Phi) is 3.23. The topological polar surface area (TPSA) is 106 Å². The number of rotatable bonds is 4. The van der Waals surface area contributed by atoms with Crippen LogP contribution in [0.4, 0.5) is 0 Å². The minimum Gasteiger partial charge on any atom is -0.368 e. The highest BCUT2D eigenvalue weighted by molar-refractivity contribution is 5.91. The van der Waals surface area contributed by atoms with Crippen LogP contribution < -0.4 is 5.32 Å². The summed E-state index contributed by atoms with van der Waals surface area (Å²) in [7, 11) is 0. The maximum atomic E-state index is 11.6. The molecule has 2 aromatic rings. The summed E-state index contributed by atoms with van der Waals surface area (Å²) in [5, 5.41) is 6.48. The average molecular weight is 263 g/mol. The summed E-state index contributed by atoms with van der Waals surface area (Å²) >= 11 is 0. The molecule has 1 unspecified atom stereocenters. The van der Waals surface area contributed by atoms with Gasteiger partial charge in [-0.2, -0.15) is 4.98 Å². The van der Waals surface area contributed by atoms with E-state index in [-0.39, 0.29) is 18.6 Å². The number of carbonyl (C=O) groups excluding carboxylic acids is 1. The molecule has 0 aromatic carbocycles. The highest BCUT2D eigenvalue weighted by Crippen LogP contribution is 2.26. The van der Waals surface area contributed by atoms with E-state index in [9.17, 15) is 4.79 Å². The maximum Gasteiger partial charge on any atom is 0.269 e. The number of ether oxygens (including phenoxy) is 1. The van der Waals surface area contributed by atoms with Crippen LogP contribution in [0.25, 0.3) is 0 Å². The molecule has 0 bridgehead atoms. The van der Waals surface area contributed by atoms with E-state index in [0.717, 1.165) is 19.4 Å². The van der Waals surface area contributed by atoms with Gasteiger partial charge in [0.25, 0.3) is 11.8 Å². The zero-order valence-electron chi connectivity index (χ0n) is 10.1. The number of carbonyl (C=O) groups is 1. The minimum absolute atomic E-state index is 0.107. The molecule has 2 N–H and O–H groups in total. The van der Waals surface area contributed by atoms with Gasteiger partial charge in [0.05, 0.1) is 19.1 Å². The standard InChI is InChI=1S/C11H13N5O3/c17-10(7-4-12-6-14-7)13-5-9-15-11(19-16-9)8-2-1-3-18-8/h4,6,8H,1-3,5H2,(H,12,14)(H,13,17). The number of aromatic nitrogens is 4. The first-order valence-electron chi connectivity index (χ1n) is 6.03. The van der Waals surface area contributed by atoms with Gasteiger partial charge in [-0.05, 0) is 12.8 Å². The van der Waals surface area contributed by atoms with Crippen LogP contribution in [0.5, 0.6) is 0 Å². The van der Waals surface area contributed by atoms with Crippen LogP contribution in [-0.2, 0) is 11.3 Å². The molecule has 3 heterocycles. The van der Waals surface area contributed by atoms with E-state index in [0.29, 0.717) is 17.4 Å². The first kappa shape index (κ1) is 11.8. The van der Waals surface area contributed by atoms with Crippen molar-refractivity contribution in [3.8, 4) is 0 Å². The van der Waals surface area contributed by atoms with Crippen LogP contribution in [0.15, 0.2) is 17.0 Å². The van der Waals surface area contributed by atoms with Crippen LogP contribution in [0.1, 0.15) is 41.1 Å². The van der Waals surface area contributed by atoms with E-state index >= 15 is 0 Å². The Morgan fingerprint density at radius 3 is 3.26 bits per heavy atom. The van der Waals surface area contributed by atoms with Crippen molar-refractivity contribution in [2.24, 2.45) is 0 Å².